The smallest absolute Gasteiger partial charge is 0.364 e. The minimum Gasteiger partial charge on any atom is -0.477 e. The first kappa shape index (κ1) is 21.2. The summed E-state index contributed by atoms with van der Waals surface area (Å²) in [7, 11) is 0. The van der Waals surface area contributed by atoms with E-state index in [9.17, 15) is 15.0 Å². The number of carboxylic acids is 1. The second kappa shape index (κ2) is 11.6. The Balaban J connectivity index is 2.15. The summed E-state index contributed by atoms with van der Waals surface area (Å²) in [5.74, 6) is -2.65. The van der Waals surface area contributed by atoms with Crippen LogP contribution in [-0.4, -0.2) is 27.1 Å². The molecule has 0 amide bonds. The van der Waals surface area contributed by atoms with Crippen LogP contribution in [0.1, 0.15) is 90.4 Å². The van der Waals surface area contributed by atoms with Crippen LogP contribution in [-0.2, 0) is 4.79 Å². The third-order valence-electron chi connectivity index (χ3n) is 5.27. The third-order valence-corrected chi connectivity index (χ3v) is 5.27. The van der Waals surface area contributed by atoms with E-state index >= 15 is 0 Å². The molecule has 2 atom stereocenters. The van der Waals surface area contributed by atoms with Crippen LogP contribution in [0.2, 0.25) is 0 Å². The summed E-state index contributed by atoms with van der Waals surface area (Å²) in [5, 5.41) is 27.2. The third kappa shape index (κ3) is 8.29. The molecule has 0 aromatic heterocycles. The largest absolute Gasteiger partial charge is 0.477 e. The van der Waals surface area contributed by atoms with Crippen molar-refractivity contribution in [3.63, 3.8) is 0 Å². The van der Waals surface area contributed by atoms with E-state index in [1.165, 1.54) is 57.8 Å². The molecule has 24 heavy (non-hydrogen) atoms. The summed E-state index contributed by atoms with van der Waals surface area (Å²) in [5.41, 5.74) is 0. The molecule has 0 heterocycles. The Morgan fingerprint density at radius 2 is 1.83 bits per heavy atom. The molecule has 3 N–H and O–H groups in total. The number of carboxylic acid groups (broad SMARTS) is 1. The van der Waals surface area contributed by atoms with Crippen molar-refractivity contribution in [1.82, 2.24) is 0 Å². The van der Waals surface area contributed by atoms with E-state index in [-0.39, 0.29) is 6.42 Å². The van der Waals surface area contributed by atoms with Crippen LogP contribution in [0.5, 0.6) is 0 Å². The van der Waals surface area contributed by atoms with E-state index < -0.39 is 11.8 Å². The van der Waals surface area contributed by atoms with Crippen molar-refractivity contribution in [1.29, 1.82) is 0 Å². The molecule has 1 fully saturated rings. The van der Waals surface area contributed by atoms with Crippen molar-refractivity contribution in [3.8, 4) is 0 Å². The average molecular weight is 341 g/mol. The Labute approximate surface area is 147 Å². The van der Waals surface area contributed by atoms with Crippen LogP contribution >= 0.6 is 0 Å². The van der Waals surface area contributed by atoms with Crippen molar-refractivity contribution < 1.29 is 20.1 Å². The number of allylic oxidation sites excluding steroid dienone is 2. The highest BCUT2D eigenvalue weighted by molar-refractivity contribution is 5.74. The quantitative estimate of drug-likeness (QED) is 0.259. The summed E-state index contributed by atoms with van der Waals surface area (Å²) < 4.78 is 0. The Kier molecular flexibility index (Phi) is 10.3. The van der Waals surface area contributed by atoms with Crippen LogP contribution in [0, 0.1) is 11.8 Å². The Morgan fingerprint density at radius 3 is 2.54 bits per heavy atom. The topological polar surface area (TPSA) is 77.8 Å². The summed E-state index contributed by atoms with van der Waals surface area (Å²) in [6, 6.07) is 0. The zero-order valence-electron chi connectivity index (χ0n) is 15.3. The first-order valence-corrected chi connectivity index (χ1v) is 9.82. The predicted octanol–water partition coefficient (Wildman–Crippen LogP) is 4.65. The number of unbranched alkanes of at least 4 members (excludes halogenated alkanes) is 6. The molecule has 4 nitrogen and oxygen atoms in total. The van der Waals surface area contributed by atoms with Crippen molar-refractivity contribution in [2.24, 2.45) is 11.8 Å². The molecule has 140 valence electrons. The summed E-state index contributed by atoms with van der Waals surface area (Å²) >= 11 is 0. The Morgan fingerprint density at radius 1 is 1.08 bits per heavy atom. The molecular weight excluding hydrogens is 304 g/mol. The molecule has 0 spiro atoms. The molecule has 0 bridgehead atoms. The highest BCUT2D eigenvalue weighted by Gasteiger charge is 2.32. The van der Waals surface area contributed by atoms with Gasteiger partial charge in [-0.1, -0.05) is 57.6 Å². The molecule has 1 aliphatic rings. The number of hydrogen-bond donors (Lipinski definition) is 3. The lowest BCUT2D eigenvalue weighted by atomic mass is 9.90. The standard InChI is InChI=1S/C20H36O4/c1-2-3-4-5-6-8-12-17-14-11-15-18(17)13-9-7-10-16-20(23,24)19(21)22/h8,12,17-18,23-24H,2-7,9-11,13-16H2,1H3,(H,21,22)/t17-,18-/m0/s1. The highest BCUT2D eigenvalue weighted by atomic mass is 16.5. The number of rotatable bonds is 13. The maximum Gasteiger partial charge on any atom is 0.364 e. The molecule has 0 aromatic carbocycles. The van der Waals surface area contributed by atoms with Crippen molar-refractivity contribution >= 4 is 5.97 Å². The molecule has 0 aliphatic heterocycles. The van der Waals surface area contributed by atoms with Crippen LogP contribution in [0.15, 0.2) is 12.2 Å². The van der Waals surface area contributed by atoms with Crippen LogP contribution in [0.4, 0.5) is 0 Å². The molecule has 4 heteroatoms. The number of carbonyl (C=O) groups is 1. The van der Waals surface area contributed by atoms with Crippen molar-refractivity contribution in [2.75, 3.05) is 0 Å². The van der Waals surface area contributed by atoms with Crippen molar-refractivity contribution in [2.45, 2.75) is 96.2 Å². The molecule has 0 saturated heterocycles. The monoisotopic (exact) mass is 340 g/mol. The second-order valence-corrected chi connectivity index (χ2v) is 7.35. The van der Waals surface area contributed by atoms with Gasteiger partial charge in [-0.05, 0) is 50.4 Å². The van der Waals surface area contributed by atoms with Crippen molar-refractivity contribution in [3.05, 3.63) is 12.2 Å². The Hall–Kier alpha value is -0.870. The van der Waals surface area contributed by atoms with Gasteiger partial charge in [0.2, 0.25) is 0 Å². The fourth-order valence-corrected chi connectivity index (χ4v) is 3.70. The molecule has 0 aromatic rings. The highest BCUT2D eigenvalue weighted by Crippen LogP contribution is 2.36. The first-order valence-electron chi connectivity index (χ1n) is 9.82. The van der Waals surface area contributed by atoms with E-state index in [0.717, 1.165) is 18.8 Å². The van der Waals surface area contributed by atoms with Crippen LogP contribution in [0.25, 0.3) is 0 Å². The molecule has 1 aliphatic carbocycles. The van der Waals surface area contributed by atoms with Crippen LogP contribution < -0.4 is 0 Å². The Bertz CT molecular complexity index is 376. The molecule has 1 saturated carbocycles. The van der Waals surface area contributed by atoms with E-state index in [0.29, 0.717) is 12.3 Å². The van der Waals surface area contributed by atoms with Gasteiger partial charge in [0.05, 0.1) is 0 Å². The number of aliphatic carboxylic acids is 1. The fourth-order valence-electron chi connectivity index (χ4n) is 3.70. The first-order chi connectivity index (χ1) is 11.5. The summed E-state index contributed by atoms with van der Waals surface area (Å²) in [6.07, 6.45) is 18.7. The van der Waals surface area contributed by atoms with Gasteiger partial charge in [-0.3, -0.25) is 0 Å². The molecular formula is C20H36O4. The maximum absolute atomic E-state index is 10.6. The predicted molar refractivity (Wildman–Crippen MR) is 96.6 cm³/mol. The van der Waals surface area contributed by atoms with E-state index in [4.69, 9.17) is 5.11 Å². The van der Waals surface area contributed by atoms with Gasteiger partial charge < -0.3 is 15.3 Å². The zero-order chi connectivity index (χ0) is 17.8. The lowest BCUT2D eigenvalue weighted by Gasteiger charge is -2.18. The van der Waals surface area contributed by atoms with E-state index in [1.54, 1.807) is 0 Å². The number of hydrogen-bond acceptors (Lipinski definition) is 3. The van der Waals surface area contributed by atoms with Gasteiger partial charge >= 0.3 is 5.97 Å². The number of aliphatic hydroxyl groups is 2. The minimum absolute atomic E-state index is 0.0892. The van der Waals surface area contributed by atoms with Gasteiger partial charge in [-0.15, -0.1) is 0 Å². The summed E-state index contributed by atoms with van der Waals surface area (Å²) in [4.78, 5) is 10.6. The zero-order valence-corrected chi connectivity index (χ0v) is 15.3. The van der Waals surface area contributed by atoms with Gasteiger partial charge in [0.15, 0.2) is 0 Å². The normalized spacial score (nSPS) is 21.6. The second-order valence-electron chi connectivity index (χ2n) is 7.35. The van der Waals surface area contributed by atoms with E-state index in [2.05, 4.69) is 19.1 Å². The van der Waals surface area contributed by atoms with Gasteiger partial charge in [0.25, 0.3) is 5.79 Å². The maximum atomic E-state index is 10.6. The fraction of sp³-hybridized carbons (Fsp3) is 0.850. The van der Waals surface area contributed by atoms with E-state index in [1.807, 2.05) is 0 Å². The molecule has 1 rings (SSSR count). The van der Waals surface area contributed by atoms with Gasteiger partial charge in [-0.25, -0.2) is 4.79 Å². The SMILES string of the molecule is CCCCCCC=C[C@H]1CCC[C@@H]1CCCCCC(O)(O)C(=O)O. The lowest BCUT2D eigenvalue weighted by Crippen LogP contribution is -2.37. The van der Waals surface area contributed by atoms with Gasteiger partial charge in [0, 0.05) is 6.42 Å². The molecule has 0 unspecified atom stereocenters. The van der Waals surface area contributed by atoms with Gasteiger partial charge in [0.1, 0.15) is 0 Å². The lowest BCUT2D eigenvalue weighted by molar-refractivity contribution is -0.205. The molecule has 0 radical (unpaired) electrons. The van der Waals surface area contributed by atoms with Crippen LogP contribution in [0.3, 0.4) is 0 Å². The minimum atomic E-state index is -2.56. The van der Waals surface area contributed by atoms with Gasteiger partial charge in [-0.2, -0.15) is 0 Å². The average Bonchev–Trinajstić information content (AvgIpc) is 2.97. The summed E-state index contributed by atoms with van der Waals surface area (Å²) in [6.45, 7) is 2.24.